The second-order valence-corrected chi connectivity index (χ2v) is 7.06. The molecule has 0 spiro atoms. The van der Waals surface area contributed by atoms with Gasteiger partial charge in [-0.05, 0) is 53.5 Å². The highest BCUT2D eigenvalue weighted by Crippen LogP contribution is 2.28. The predicted octanol–water partition coefficient (Wildman–Crippen LogP) is 4.25. The molecule has 2 rings (SSSR count). The molecular formula is C24H26O6. The Balaban J connectivity index is 2.17. The first-order chi connectivity index (χ1) is 14.3. The van der Waals surface area contributed by atoms with Crippen molar-refractivity contribution in [2.75, 3.05) is 14.2 Å². The van der Waals surface area contributed by atoms with Gasteiger partial charge >= 0.3 is 0 Å². The molecule has 0 saturated carbocycles. The van der Waals surface area contributed by atoms with Gasteiger partial charge in [-0.25, -0.2) is 0 Å². The predicted molar refractivity (Wildman–Crippen MR) is 116 cm³/mol. The number of rotatable bonds is 9. The highest BCUT2D eigenvalue weighted by atomic mass is 16.5. The molecule has 30 heavy (non-hydrogen) atoms. The Labute approximate surface area is 176 Å². The van der Waals surface area contributed by atoms with Crippen molar-refractivity contribution >= 4 is 23.7 Å². The third-order valence-electron chi connectivity index (χ3n) is 4.57. The van der Waals surface area contributed by atoms with Crippen molar-refractivity contribution in [3.63, 3.8) is 0 Å². The average Bonchev–Trinajstić information content (AvgIpc) is 2.72. The number of carbonyl (C=O) groups is 2. The van der Waals surface area contributed by atoms with Crippen LogP contribution in [-0.2, 0) is 9.59 Å². The summed E-state index contributed by atoms with van der Waals surface area (Å²) in [6.45, 7) is 3.63. The summed E-state index contributed by atoms with van der Waals surface area (Å²) in [7, 11) is 2.88. The van der Waals surface area contributed by atoms with Crippen LogP contribution in [0.4, 0.5) is 0 Å². The number of aromatic hydroxyl groups is 2. The van der Waals surface area contributed by atoms with E-state index in [1.807, 2.05) is 13.8 Å². The Kier molecular flexibility index (Phi) is 7.81. The first-order valence-electron chi connectivity index (χ1n) is 9.44. The molecule has 158 valence electrons. The molecule has 0 fully saturated rings. The van der Waals surface area contributed by atoms with Crippen molar-refractivity contribution in [1.29, 1.82) is 0 Å². The van der Waals surface area contributed by atoms with Crippen LogP contribution >= 0.6 is 0 Å². The summed E-state index contributed by atoms with van der Waals surface area (Å²) >= 11 is 0. The minimum atomic E-state index is -0.824. The number of phenolic OH excluding ortho intramolecular Hbond substituents is 2. The molecule has 0 bridgehead atoms. The Hall–Kier alpha value is -3.54. The summed E-state index contributed by atoms with van der Waals surface area (Å²) in [5.41, 5.74) is 1.33. The van der Waals surface area contributed by atoms with E-state index in [1.54, 1.807) is 36.4 Å². The van der Waals surface area contributed by atoms with Crippen molar-refractivity contribution in [2.24, 2.45) is 11.8 Å². The normalized spacial score (nSPS) is 11.5. The number of methoxy groups -OCH3 is 2. The summed E-state index contributed by atoms with van der Waals surface area (Å²) < 4.78 is 10.1. The van der Waals surface area contributed by atoms with E-state index in [0.29, 0.717) is 22.6 Å². The number of phenols is 2. The van der Waals surface area contributed by atoms with Gasteiger partial charge in [0.25, 0.3) is 0 Å². The summed E-state index contributed by atoms with van der Waals surface area (Å²) in [4.78, 5) is 25.4. The first-order valence-corrected chi connectivity index (χ1v) is 9.44. The zero-order chi connectivity index (χ0) is 22.3. The second kappa shape index (κ2) is 10.3. The van der Waals surface area contributed by atoms with E-state index in [4.69, 9.17) is 9.47 Å². The molecule has 0 aliphatic heterocycles. The van der Waals surface area contributed by atoms with Gasteiger partial charge in [0.15, 0.2) is 34.6 Å². The van der Waals surface area contributed by atoms with Crippen molar-refractivity contribution in [2.45, 2.75) is 13.8 Å². The lowest BCUT2D eigenvalue weighted by atomic mass is 9.86. The van der Waals surface area contributed by atoms with E-state index in [-0.39, 0.29) is 29.0 Å². The van der Waals surface area contributed by atoms with Crippen LogP contribution in [0.2, 0.25) is 0 Å². The lowest BCUT2D eigenvalue weighted by Crippen LogP contribution is -2.26. The lowest BCUT2D eigenvalue weighted by molar-refractivity contribution is -0.129. The third-order valence-corrected chi connectivity index (χ3v) is 4.57. The number of benzene rings is 2. The molecule has 2 N–H and O–H groups in total. The first kappa shape index (κ1) is 22.7. The third kappa shape index (κ3) is 5.73. The van der Waals surface area contributed by atoms with Crippen LogP contribution in [0.5, 0.6) is 23.0 Å². The molecule has 0 heterocycles. The van der Waals surface area contributed by atoms with E-state index in [1.165, 1.54) is 38.5 Å². The van der Waals surface area contributed by atoms with Gasteiger partial charge in [0.05, 0.1) is 20.1 Å². The number of ether oxygens (including phenoxy) is 2. The molecular weight excluding hydrogens is 384 g/mol. The topological polar surface area (TPSA) is 93.1 Å². The number of hydrogen-bond acceptors (Lipinski definition) is 6. The molecule has 6 nitrogen and oxygen atoms in total. The molecule has 0 aliphatic carbocycles. The molecule has 6 heteroatoms. The van der Waals surface area contributed by atoms with Gasteiger partial charge in [-0.15, -0.1) is 0 Å². The molecule has 0 unspecified atom stereocenters. The van der Waals surface area contributed by atoms with Gasteiger partial charge in [-0.3, -0.25) is 9.59 Å². The van der Waals surface area contributed by atoms with Gasteiger partial charge < -0.3 is 19.7 Å². The van der Waals surface area contributed by atoms with Crippen LogP contribution in [0.1, 0.15) is 25.0 Å². The van der Waals surface area contributed by atoms with E-state index < -0.39 is 5.92 Å². The standard InChI is InChI=1S/C24H26O6/c1-15(2)24(20(27)11-7-16-5-9-18(25)22(13-16)29-3)21(28)12-8-17-6-10-19(26)23(14-17)30-4/h5-15,24-26H,1-4H3/b11-7+,12-8+. The summed E-state index contributed by atoms with van der Waals surface area (Å²) in [5.74, 6) is -1.02. The number of carbonyl (C=O) groups excluding carboxylic acids is 2. The van der Waals surface area contributed by atoms with Crippen LogP contribution in [0.15, 0.2) is 48.6 Å². The fraction of sp³-hybridized carbons (Fsp3) is 0.250. The maximum Gasteiger partial charge on any atom is 0.166 e. The van der Waals surface area contributed by atoms with Gasteiger partial charge in [-0.2, -0.15) is 0 Å². The largest absolute Gasteiger partial charge is 0.504 e. The van der Waals surface area contributed by atoms with Crippen molar-refractivity contribution < 1.29 is 29.3 Å². The number of ketones is 2. The zero-order valence-corrected chi connectivity index (χ0v) is 17.5. The van der Waals surface area contributed by atoms with E-state index in [0.717, 1.165) is 0 Å². The molecule has 0 atom stereocenters. The summed E-state index contributed by atoms with van der Waals surface area (Å²) in [6.07, 6.45) is 5.90. The smallest absolute Gasteiger partial charge is 0.166 e. The Morgan fingerprint density at radius 3 is 1.53 bits per heavy atom. The number of hydrogen-bond donors (Lipinski definition) is 2. The lowest BCUT2D eigenvalue weighted by Gasteiger charge is -2.14. The molecule has 0 radical (unpaired) electrons. The van der Waals surface area contributed by atoms with Crippen LogP contribution in [0, 0.1) is 11.8 Å². The highest BCUT2D eigenvalue weighted by molar-refractivity contribution is 6.13. The highest BCUT2D eigenvalue weighted by Gasteiger charge is 2.26. The SMILES string of the molecule is COc1cc(/C=C/C(=O)C(C(=O)/C=C/c2ccc(O)c(OC)c2)C(C)C)ccc1O. The van der Waals surface area contributed by atoms with Gasteiger partial charge in [0, 0.05) is 0 Å². The molecule has 2 aromatic carbocycles. The average molecular weight is 410 g/mol. The van der Waals surface area contributed by atoms with Crippen LogP contribution < -0.4 is 9.47 Å². The van der Waals surface area contributed by atoms with Crippen LogP contribution in [0.3, 0.4) is 0 Å². The summed E-state index contributed by atoms with van der Waals surface area (Å²) in [6, 6.07) is 9.44. The molecule has 0 aromatic heterocycles. The molecule has 2 aromatic rings. The van der Waals surface area contributed by atoms with E-state index in [9.17, 15) is 19.8 Å². The van der Waals surface area contributed by atoms with Crippen molar-refractivity contribution in [3.8, 4) is 23.0 Å². The van der Waals surface area contributed by atoms with Gasteiger partial charge in [0.1, 0.15) is 0 Å². The molecule has 0 aliphatic rings. The number of allylic oxidation sites excluding steroid dienone is 2. The molecule has 0 amide bonds. The maximum atomic E-state index is 12.7. The quantitative estimate of drug-likeness (QED) is 0.474. The van der Waals surface area contributed by atoms with Crippen molar-refractivity contribution in [1.82, 2.24) is 0 Å². The Bertz CT molecular complexity index is 896. The van der Waals surface area contributed by atoms with E-state index >= 15 is 0 Å². The van der Waals surface area contributed by atoms with Crippen molar-refractivity contribution in [3.05, 3.63) is 59.7 Å². The van der Waals surface area contributed by atoms with Crippen LogP contribution in [0.25, 0.3) is 12.2 Å². The minimum absolute atomic E-state index is 0.00668. The minimum Gasteiger partial charge on any atom is -0.504 e. The Morgan fingerprint density at radius 2 is 1.20 bits per heavy atom. The van der Waals surface area contributed by atoms with E-state index in [2.05, 4.69) is 0 Å². The monoisotopic (exact) mass is 410 g/mol. The maximum absolute atomic E-state index is 12.7. The fourth-order valence-corrected chi connectivity index (χ4v) is 2.96. The zero-order valence-electron chi connectivity index (χ0n) is 17.5. The second-order valence-electron chi connectivity index (χ2n) is 7.06. The summed E-state index contributed by atoms with van der Waals surface area (Å²) in [5, 5.41) is 19.3. The van der Waals surface area contributed by atoms with Crippen LogP contribution in [-0.4, -0.2) is 36.0 Å². The van der Waals surface area contributed by atoms with Gasteiger partial charge in [0.2, 0.25) is 0 Å². The van der Waals surface area contributed by atoms with Gasteiger partial charge in [-0.1, -0.05) is 38.1 Å². The molecule has 0 saturated heterocycles. The fourth-order valence-electron chi connectivity index (χ4n) is 2.96. The Morgan fingerprint density at radius 1 is 0.800 bits per heavy atom.